The molecule has 15 heavy (non-hydrogen) atoms. The summed E-state index contributed by atoms with van der Waals surface area (Å²) in [6.45, 7) is 2.85. The zero-order valence-electron chi connectivity index (χ0n) is 9.71. The van der Waals surface area contributed by atoms with E-state index in [0.29, 0.717) is 17.8 Å². The molecule has 2 aliphatic carbocycles. The van der Waals surface area contributed by atoms with E-state index in [1.54, 1.807) is 0 Å². The van der Waals surface area contributed by atoms with E-state index in [1.807, 2.05) is 6.92 Å². The molecule has 0 aromatic heterocycles. The van der Waals surface area contributed by atoms with Crippen molar-refractivity contribution in [3.05, 3.63) is 0 Å². The van der Waals surface area contributed by atoms with Crippen LogP contribution in [0, 0.1) is 11.8 Å². The summed E-state index contributed by atoms with van der Waals surface area (Å²) in [6.07, 6.45) is 8.28. The number of rotatable bonds is 6. The zero-order valence-corrected chi connectivity index (χ0v) is 9.71. The van der Waals surface area contributed by atoms with Crippen molar-refractivity contribution in [1.82, 2.24) is 0 Å². The average Bonchev–Trinajstić information content (AvgIpc) is 2.08. The smallest absolute Gasteiger partial charge is 0.133 e. The van der Waals surface area contributed by atoms with Crippen LogP contribution in [0.2, 0.25) is 0 Å². The van der Waals surface area contributed by atoms with Crippen molar-refractivity contribution in [2.45, 2.75) is 58.0 Å². The van der Waals surface area contributed by atoms with Crippen LogP contribution >= 0.6 is 0 Å². The van der Waals surface area contributed by atoms with Crippen LogP contribution in [0.15, 0.2) is 0 Å². The van der Waals surface area contributed by atoms with E-state index in [-0.39, 0.29) is 0 Å². The molecule has 2 rings (SSSR count). The van der Waals surface area contributed by atoms with Crippen molar-refractivity contribution in [2.75, 3.05) is 6.61 Å². The van der Waals surface area contributed by atoms with E-state index in [0.717, 1.165) is 38.2 Å². The predicted octanol–water partition coefficient (Wildman–Crippen LogP) is 2.95. The summed E-state index contributed by atoms with van der Waals surface area (Å²) in [5.74, 6) is 1.87. The van der Waals surface area contributed by atoms with E-state index in [1.165, 1.54) is 19.3 Å². The highest BCUT2D eigenvalue weighted by Crippen LogP contribution is 2.35. The highest BCUT2D eigenvalue weighted by atomic mass is 16.5. The molecule has 0 atom stereocenters. The zero-order chi connectivity index (χ0) is 10.7. The number of ketones is 1. The molecule has 0 aromatic rings. The number of carbonyl (C=O) groups is 1. The molecule has 0 N–H and O–H groups in total. The Morgan fingerprint density at radius 3 is 2.40 bits per heavy atom. The molecule has 0 radical (unpaired) electrons. The van der Waals surface area contributed by atoms with Crippen molar-refractivity contribution in [2.24, 2.45) is 11.8 Å². The lowest BCUT2D eigenvalue weighted by atomic mass is 9.76. The lowest BCUT2D eigenvalue weighted by Gasteiger charge is -2.35. The first-order valence-electron chi connectivity index (χ1n) is 6.41. The van der Waals surface area contributed by atoms with Gasteiger partial charge in [-0.3, -0.25) is 4.79 Å². The van der Waals surface area contributed by atoms with Crippen molar-refractivity contribution >= 4 is 5.78 Å². The van der Waals surface area contributed by atoms with Gasteiger partial charge in [0.25, 0.3) is 0 Å². The summed E-state index contributed by atoms with van der Waals surface area (Å²) >= 11 is 0. The molecule has 2 saturated carbocycles. The second-order valence-electron chi connectivity index (χ2n) is 5.16. The molecule has 2 fully saturated rings. The van der Waals surface area contributed by atoms with Gasteiger partial charge in [-0.25, -0.2) is 0 Å². The van der Waals surface area contributed by atoms with Crippen LogP contribution in [0.1, 0.15) is 51.9 Å². The summed E-state index contributed by atoms with van der Waals surface area (Å²) in [5, 5.41) is 0. The Morgan fingerprint density at radius 2 is 1.87 bits per heavy atom. The average molecular weight is 210 g/mol. The molecule has 0 amide bonds. The van der Waals surface area contributed by atoms with Gasteiger partial charge in [-0.15, -0.1) is 0 Å². The van der Waals surface area contributed by atoms with Crippen LogP contribution in [0.5, 0.6) is 0 Å². The third-order valence-electron chi connectivity index (χ3n) is 3.85. The van der Waals surface area contributed by atoms with Gasteiger partial charge in [-0.2, -0.15) is 0 Å². The topological polar surface area (TPSA) is 26.3 Å². The Kier molecular flexibility index (Phi) is 3.79. The van der Waals surface area contributed by atoms with Crippen LogP contribution < -0.4 is 0 Å². The third-order valence-corrected chi connectivity index (χ3v) is 3.85. The van der Waals surface area contributed by atoms with Crippen LogP contribution in [-0.4, -0.2) is 18.5 Å². The predicted molar refractivity (Wildman–Crippen MR) is 59.7 cm³/mol. The van der Waals surface area contributed by atoms with Gasteiger partial charge in [0.1, 0.15) is 5.78 Å². The molecule has 0 aliphatic heterocycles. The maximum Gasteiger partial charge on any atom is 0.133 e. The SMILES string of the molecule is CCOC1CC(CC(=O)CC2CCC2)C1. The Bertz CT molecular complexity index is 215. The Labute approximate surface area is 92.4 Å². The summed E-state index contributed by atoms with van der Waals surface area (Å²) in [4.78, 5) is 11.7. The standard InChI is InChI=1S/C13H22O2/c1-2-15-13-8-11(9-13)7-12(14)6-10-4-3-5-10/h10-11,13H,2-9H2,1H3. The van der Waals surface area contributed by atoms with Crippen LogP contribution in [-0.2, 0) is 9.53 Å². The fourth-order valence-corrected chi connectivity index (χ4v) is 2.64. The number of Topliss-reactive ketones (excluding diaryl/α,β-unsaturated/α-hetero) is 1. The van der Waals surface area contributed by atoms with Crippen LogP contribution in [0.4, 0.5) is 0 Å². The van der Waals surface area contributed by atoms with E-state index in [4.69, 9.17) is 4.74 Å². The highest BCUT2D eigenvalue weighted by Gasteiger charge is 2.31. The Morgan fingerprint density at radius 1 is 1.20 bits per heavy atom. The summed E-state index contributed by atoms with van der Waals surface area (Å²) in [6, 6.07) is 0. The lowest BCUT2D eigenvalue weighted by molar-refractivity contribution is -0.123. The fraction of sp³-hybridized carbons (Fsp3) is 0.923. The van der Waals surface area contributed by atoms with Crippen molar-refractivity contribution < 1.29 is 9.53 Å². The first-order chi connectivity index (χ1) is 7.28. The van der Waals surface area contributed by atoms with E-state index < -0.39 is 0 Å². The summed E-state index contributed by atoms with van der Waals surface area (Å²) in [5.41, 5.74) is 0. The van der Waals surface area contributed by atoms with Gasteiger partial charge in [-0.05, 0) is 31.6 Å². The quantitative estimate of drug-likeness (QED) is 0.673. The van der Waals surface area contributed by atoms with Gasteiger partial charge in [0, 0.05) is 19.4 Å². The minimum absolute atomic E-state index is 0.455. The van der Waals surface area contributed by atoms with Gasteiger partial charge in [0.05, 0.1) is 6.10 Å². The molecule has 0 bridgehead atoms. The first kappa shape index (κ1) is 11.1. The minimum Gasteiger partial charge on any atom is -0.378 e. The number of hydrogen-bond acceptors (Lipinski definition) is 2. The van der Waals surface area contributed by atoms with Gasteiger partial charge in [0.15, 0.2) is 0 Å². The van der Waals surface area contributed by atoms with E-state index >= 15 is 0 Å². The van der Waals surface area contributed by atoms with Crippen LogP contribution in [0.3, 0.4) is 0 Å². The number of carbonyl (C=O) groups excluding carboxylic acids is 1. The molecule has 0 heterocycles. The van der Waals surface area contributed by atoms with Crippen molar-refractivity contribution in [3.8, 4) is 0 Å². The van der Waals surface area contributed by atoms with Gasteiger partial charge < -0.3 is 4.74 Å². The van der Waals surface area contributed by atoms with Crippen molar-refractivity contribution in [3.63, 3.8) is 0 Å². The molecule has 0 spiro atoms. The lowest BCUT2D eigenvalue weighted by Crippen LogP contribution is -2.33. The molecule has 86 valence electrons. The van der Waals surface area contributed by atoms with Gasteiger partial charge in [-0.1, -0.05) is 19.3 Å². The molecule has 2 aliphatic rings. The fourth-order valence-electron chi connectivity index (χ4n) is 2.64. The molecule has 0 saturated heterocycles. The monoisotopic (exact) mass is 210 g/mol. The van der Waals surface area contributed by atoms with Crippen molar-refractivity contribution in [1.29, 1.82) is 0 Å². The largest absolute Gasteiger partial charge is 0.378 e. The van der Waals surface area contributed by atoms with Crippen LogP contribution in [0.25, 0.3) is 0 Å². The summed E-state index contributed by atoms with van der Waals surface area (Å²) < 4.78 is 5.49. The Hall–Kier alpha value is -0.370. The maximum absolute atomic E-state index is 11.7. The minimum atomic E-state index is 0.455. The first-order valence-corrected chi connectivity index (χ1v) is 6.41. The summed E-state index contributed by atoms with van der Waals surface area (Å²) in [7, 11) is 0. The Balaban J connectivity index is 1.56. The second kappa shape index (κ2) is 5.11. The third kappa shape index (κ3) is 3.04. The molecule has 2 nitrogen and oxygen atoms in total. The molecular formula is C13H22O2. The van der Waals surface area contributed by atoms with E-state index in [2.05, 4.69) is 0 Å². The van der Waals surface area contributed by atoms with Gasteiger partial charge in [0.2, 0.25) is 0 Å². The molecule has 0 aromatic carbocycles. The number of ether oxygens (including phenoxy) is 1. The normalized spacial score (nSPS) is 30.7. The van der Waals surface area contributed by atoms with E-state index in [9.17, 15) is 4.79 Å². The molecular weight excluding hydrogens is 188 g/mol. The van der Waals surface area contributed by atoms with Gasteiger partial charge >= 0.3 is 0 Å². The number of hydrogen-bond donors (Lipinski definition) is 0. The molecule has 2 heteroatoms. The highest BCUT2D eigenvalue weighted by molar-refractivity contribution is 5.79. The molecule has 0 unspecified atom stereocenters. The maximum atomic E-state index is 11.7. The second-order valence-corrected chi connectivity index (χ2v) is 5.16.